The van der Waals surface area contributed by atoms with Gasteiger partial charge in [0.15, 0.2) is 0 Å². The molecule has 3 rings (SSSR count). The number of fused-ring (bicyclic) bond motifs is 1. The summed E-state index contributed by atoms with van der Waals surface area (Å²) in [5, 5.41) is 1.49. The maximum Gasteiger partial charge on any atom is 0.269 e. The molecule has 0 bridgehead atoms. The fourth-order valence-corrected chi connectivity index (χ4v) is 2.56. The Morgan fingerprint density at radius 2 is 2.08 bits per heavy atom. The number of halogens is 1. The van der Waals surface area contributed by atoms with Crippen molar-refractivity contribution in [1.29, 1.82) is 0 Å². The zero-order valence-electron chi connectivity index (χ0n) is 13.0. The molecule has 1 amide bonds. The monoisotopic (exact) mass is 341 g/mol. The summed E-state index contributed by atoms with van der Waals surface area (Å²) in [5.74, 6) is -0.230. The van der Waals surface area contributed by atoms with Gasteiger partial charge < -0.3 is 4.74 Å². The molecular formula is C18H16ClN3O2. The molecule has 0 fully saturated rings. The van der Waals surface area contributed by atoms with E-state index in [0.717, 1.165) is 22.2 Å². The molecule has 1 heterocycles. The second-order valence-electron chi connectivity index (χ2n) is 5.23. The molecule has 24 heavy (non-hydrogen) atoms. The quantitative estimate of drug-likeness (QED) is 0.693. The summed E-state index contributed by atoms with van der Waals surface area (Å²) >= 11 is 5.98. The highest BCUT2D eigenvalue weighted by Crippen LogP contribution is 2.23. The second kappa shape index (κ2) is 7.29. The number of methoxy groups -OCH3 is 1. The van der Waals surface area contributed by atoms with Crippen LogP contribution in [0.4, 0.5) is 5.69 Å². The fraction of sp³-hybridized carbons (Fsp3) is 0.111. The maximum absolute atomic E-state index is 12.3. The molecule has 0 unspecified atom stereocenters. The van der Waals surface area contributed by atoms with Crippen LogP contribution in [-0.4, -0.2) is 18.0 Å². The van der Waals surface area contributed by atoms with Crippen molar-refractivity contribution in [2.24, 2.45) is 0 Å². The van der Waals surface area contributed by atoms with Crippen molar-refractivity contribution >= 4 is 34.1 Å². The second-order valence-corrected chi connectivity index (χ2v) is 5.67. The molecule has 0 aliphatic rings. The number of aromatic nitrogens is 1. The summed E-state index contributed by atoms with van der Waals surface area (Å²) in [5.41, 5.74) is 8.64. The average molecular weight is 342 g/mol. The molecule has 0 saturated heterocycles. The van der Waals surface area contributed by atoms with Crippen molar-refractivity contribution in [3.63, 3.8) is 0 Å². The van der Waals surface area contributed by atoms with E-state index in [9.17, 15) is 4.79 Å². The smallest absolute Gasteiger partial charge is 0.269 e. The van der Waals surface area contributed by atoms with Crippen LogP contribution in [0.1, 0.15) is 15.9 Å². The number of hydrogen-bond donors (Lipinski definition) is 2. The van der Waals surface area contributed by atoms with Crippen molar-refractivity contribution in [1.82, 2.24) is 10.4 Å². The number of benzene rings is 2. The van der Waals surface area contributed by atoms with Gasteiger partial charge in [0.25, 0.3) is 5.91 Å². The van der Waals surface area contributed by atoms with Crippen molar-refractivity contribution < 1.29 is 9.53 Å². The molecule has 0 spiro atoms. The van der Waals surface area contributed by atoms with Gasteiger partial charge in [-0.3, -0.25) is 20.6 Å². The molecule has 0 radical (unpaired) electrons. The van der Waals surface area contributed by atoms with Crippen molar-refractivity contribution in [3.8, 4) is 0 Å². The van der Waals surface area contributed by atoms with E-state index >= 15 is 0 Å². The van der Waals surface area contributed by atoms with E-state index in [4.69, 9.17) is 16.3 Å². The van der Waals surface area contributed by atoms with E-state index in [1.165, 1.54) is 0 Å². The van der Waals surface area contributed by atoms with Gasteiger partial charge in [0.2, 0.25) is 0 Å². The number of amides is 1. The highest BCUT2D eigenvalue weighted by molar-refractivity contribution is 6.31. The van der Waals surface area contributed by atoms with Gasteiger partial charge >= 0.3 is 0 Å². The van der Waals surface area contributed by atoms with Gasteiger partial charge in [-0.15, -0.1) is 0 Å². The molecule has 0 aliphatic carbocycles. The first-order valence-corrected chi connectivity index (χ1v) is 7.73. The maximum atomic E-state index is 12.3. The Bertz CT molecular complexity index is 883. The highest BCUT2D eigenvalue weighted by Gasteiger charge is 2.07. The van der Waals surface area contributed by atoms with Crippen LogP contribution in [0.25, 0.3) is 10.9 Å². The Kier molecular flexibility index (Phi) is 4.93. The third-order valence-corrected chi connectivity index (χ3v) is 3.75. The van der Waals surface area contributed by atoms with Crippen LogP contribution in [0, 0.1) is 0 Å². The zero-order valence-corrected chi connectivity index (χ0v) is 13.8. The number of carbonyl (C=O) groups excluding carboxylic acids is 1. The van der Waals surface area contributed by atoms with E-state index < -0.39 is 0 Å². The summed E-state index contributed by atoms with van der Waals surface area (Å²) in [6, 6.07) is 14.5. The molecule has 122 valence electrons. The van der Waals surface area contributed by atoms with Gasteiger partial charge in [0.1, 0.15) is 0 Å². The van der Waals surface area contributed by atoms with Gasteiger partial charge in [-0.1, -0.05) is 23.7 Å². The van der Waals surface area contributed by atoms with Gasteiger partial charge in [0, 0.05) is 29.3 Å². The molecule has 5 nitrogen and oxygen atoms in total. The van der Waals surface area contributed by atoms with Crippen LogP contribution in [0.15, 0.2) is 54.7 Å². The lowest BCUT2D eigenvalue weighted by atomic mass is 10.1. The summed E-state index contributed by atoms with van der Waals surface area (Å²) in [6.07, 6.45) is 1.66. The molecule has 3 aromatic rings. The van der Waals surface area contributed by atoms with Crippen LogP contribution in [0.5, 0.6) is 0 Å². The number of carbonyl (C=O) groups is 1. The topological polar surface area (TPSA) is 63.2 Å². The van der Waals surface area contributed by atoms with E-state index in [1.807, 2.05) is 18.2 Å². The first-order valence-electron chi connectivity index (χ1n) is 7.36. The molecular weight excluding hydrogens is 326 g/mol. The third kappa shape index (κ3) is 3.64. The molecule has 6 heteroatoms. The number of nitrogens with zero attached hydrogens (tertiary/aromatic N) is 1. The predicted octanol–water partition coefficient (Wildman–Crippen LogP) is 3.79. The first kappa shape index (κ1) is 16.2. The number of pyridine rings is 1. The molecule has 0 atom stereocenters. The number of hydrogen-bond acceptors (Lipinski definition) is 4. The largest absolute Gasteiger partial charge is 0.380 e. The van der Waals surface area contributed by atoms with Crippen molar-refractivity contribution in [2.75, 3.05) is 12.5 Å². The number of hydrazine groups is 1. The minimum atomic E-state index is -0.230. The third-order valence-electron chi connectivity index (χ3n) is 3.52. The van der Waals surface area contributed by atoms with Crippen LogP contribution in [0.2, 0.25) is 5.02 Å². The van der Waals surface area contributed by atoms with E-state index in [0.29, 0.717) is 17.2 Å². The van der Waals surface area contributed by atoms with Gasteiger partial charge in [-0.2, -0.15) is 0 Å². The fourth-order valence-electron chi connectivity index (χ4n) is 2.40. The Balaban J connectivity index is 1.76. The molecule has 0 saturated carbocycles. The lowest BCUT2D eigenvalue weighted by Gasteiger charge is -2.11. The lowest BCUT2D eigenvalue weighted by molar-refractivity contribution is 0.0962. The standard InChI is InChI=1S/C18H16ClN3O2/c1-24-11-12-3-2-4-13(9-12)18(23)22-21-16-7-8-20-17-10-14(19)5-6-15(16)17/h2-10H,11H2,1H3,(H,20,21)(H,22,23). The van der Waals surface area contributed by atoms with Gasteiger partial charge in [-0.25, -0.2) is 0 Å². The summed E-state index contributed by atoms with van der Waals surface area (Å²) < 4.78 is 5.08. The Morgan fingerprint density at radius 1 is 1.21 bits per heavy atom. The van der Waals surface area contributed by atoms with E-state index in [-0.39, 0.29) is 5.91 Å². The van der Waals surface area contributed by atoms with Gasteiger partial charge in [-0.05, 0) is 42.0 Å². The highest BCUT2D eigenvalue weighted by atomic mass is 35.5. The Labute approximate surface area is 144 Å². The van der Waals surface area contributed by atoms with Crippen molar-refractivity contribution in [2.45, 2.75) is 6.61 Å². The molecule has 2 aromatic carbocycles. The Morgan fingerprint density at radius 3 is 2.92 bits per heavy atom. The Hall–Kier alpha value is -2.63. The van der Waals surface area contributed by atoms with Crippen LogP contribution >= 0.6 is 11.6 Å². The number of anilines is 1. The lowest BCUT2D eigenvalue weighted by Crippen LogP contribution is -2.29. The van der Waals surface area contributed by atoms with Crippen LogP contribution < -0.4 is 10.9 Å². The van der Waals surface area contributed by atoms with Crippen LogP contribution in [0.3, 0.4) is 0 Å². The minimum Gasteiger partial charge on any atom is -0.380 e. The van der Waals surface area contributed by atoms with Crippen molar-refractivity contribution in [3.05, 3.63) is 70.9 Å². The summed E-state index contributed by atoms with van der Waals surface area (Å²) in [7, 11) is 1.62. The first-order chi connectivity index (χ1) is 11.7. The molecule has 0 aliphatic heterocycles. The average Bonchev–Trinajstić information content (AvgIpc) is 2.60. The normalized spacial score (nSPS) is 10.6. The summed E-state index contributed by atoms with van der Waals surface area (Å²) in [6.45, 7) is 0.463. The molecule has 2 N–H and O–H groups in total. The van der Waals surface area contributed by atoms with E-state index in [2.05, 4.69) is 15.8 Å². The number of ether oxygens (including phenoxy) is 1. The zero-order chi connectivity index (χ0) is 16.9. The summed E-state index contributed by atoms with van der Waals surface area (Å²) in [4.78, 5) is 16.6. The van der Waals surface area contributed by atoms with Gasteiger partial charge in [0.05, 0.1) is 17.8 Å². The predicted molar refractivity (Wildman–Crippen MR) is 95.0 cm³/mol. The molecule has 1 aromatic heterocycles. The SMILES string of the molecule is COCc1cccc(C(=O)NNc2ccnc3cc(Cl)ccc23)c1. The number of nitrogens with one attached hydrogen (secondary N) is 2. The van der Waals surface area contributed by atoms with Crippen LogP contribution in [-0.2, 0) is 11.3 Å². The minimum absolute atomic E-state index is 0.230. The van der Waals surface area contributed by atoms with E-state index in [1.54, 1.807) is 43.6 Å². The number of rotatable bonds is 5.